The molecule has 1 fully saturated rings. The van der Waals surface area contributed by atoms with E-state index in [-0.39, 0.29) is 24.1 Å². The first-order valence-electron chi connectivity index (χ1n) is 8.31. The number of hydrogen-bond donors (Lipinski definition) is 1. The van der Waals surface area contributed by atoms with Crippen molar-refractivity contribution < 1.29 is 13.6 Å². The lowest BCUT2D eigenvalue weighted by Gasteiger charge is -2.35. The molecule has 1 saturated heterocycles. The minimum atomic E-state index is -0.337. The molecule has 1 aliphatic rings. The number of nitrogens with one attached hydrogen (secondary N) is 1. The molecule has 2 aromatic carbocycles. The van der Waals surface area contributed by atoms with Crippen LogP contribution in [0.1, 0.15) is 5.56 Å². The van der Waals surface area contributed by atoms with Gasteiger partial charge in [-0.2, -0.15) is 0 Å². The van der Waals surface area contributed by atoms with E-state index in [1.807, 2.05) is 15.9 Å². The lowest BCUT2D eigenvalue weighted by atomic mass is 10.2. The molecule has 0 atom stereocenters. The number of carbonyl (C=O) groups excluding carboxylic acids is 1. The van der Waals surface area contributed by atoms with Gasteiger partial charge in [0.2, 0.25) is 5.91 Å². The number of amides is 1. The van der Waals surface area contributed by atoms with Crippen molar-refractivity contribution in [3.63, 3.8) is 0 Å². The quantitative estimate of drug-likeness (QED) is 0.925. The van der Waals surface area contributed by atoms with Crippen molar-refractivity contribution in [1.82, 2.24) is 4.90 Å². The normalized spacial score (nSPS) is 15.2. The summed E-state index contributed by atoms with van der Waals surface area (Å²) in [6.07, 6.45) is 0. The van der Waals surface area contributed by atoms with Crippen LogP contribution in [0, 0.1) is 18.6 Å². The number of nitrogens with zero attached hydrogens (tertiary/aromatic N) is 2. The highest BCUT2D eigenvalue weighted by Crippen LogP contribution is 2.20. The second-order valence-electron chi connectivity index (χ2n) is 6.23. The van der Waals surface area contributed by atoms with Gasteiger partial charge in [0.15, 0.2) is 0 Å². The van der Waals surface area contributed by atoms with E-state index in [9.17, 15) is 13.6 Å². The van der Waals surface area contributed by atoms with Gasteiger partial charge in [-0.25, -0.2) is 8.78 Å². The molecule has 6 heteroatoms. The Hall–Kier alpha value is -2.47. The summed E-state index contributed by atoms with van der Waals surface area (Å²) in [6.45, 7) is 4.57. The van der Waals surface area contributed by atoms with Crippen LogP contribution in [0.3, 0.4) is 0 Å². The van der Waals surface area contributed by atoms with Crippen LogP contribution in [-0.2, 0) is 4.79 Å². The topological polar surface area (TPSA) is 35.6 Å². The number of benzene rings is 2. The Balaban J connectivity index is 1.51. The van der Waals surface area contributed by atoms with Crippen molar-refractivity contribution >= 4 is 17.3 Å². The fourth-order valence-corrected chi connectivity index (χ4v) is 2.93. The van der Waals surface area contributed by atoms with Gasteiger partial charge in [-0.15, -0.1) is 0 Å². The maximum absolute atomic E-state index is 13.8. The van der Waals surface area contributed by atoms with Crippen molar-refractivity contribution in [1.29, 1.82) is 0 Å². The molecule has 1 heterocycles. The van der Waals surface area contributed by atoms with E-state index in [0.29, 0.717) is 43.1 Å². The molecule has 1 amide bonds. The number of halogens is 2. The van der Waals surface area contributed by atoms with Gasteiger partial charge >= 0.3 is 0 Å². The zero-order valence-corrected chi connectivity index (χ0v) is 14.1. The molecular formula is C19H21F2N3O. The van der Waals surface area contributed by atoms with Crippen LogP contribution in [-0.4, -0.2) is 43.5 Å². The molecule has 0 unspecified atom stereocenters. The highest BCUT2D eigenvalue weighted by molar-refractivity contribution is 5.92. The molecule has 1 N–H and O–H groups in total. The van der Waals surface area contributed by atoms with Crippen LogP contribution >= 0.6 is 0 Å². The molecule has 2 aromatic rings. The summed E-state index contributed by atoms with van der Waals surface area (Å²) >= 11 is 0. The molecule has 0 saturated carbocycles. The average molecular weight is 345 g/mol. The zero-order valence-electron chi connectivity index (χ0n) is 14.1. The molecule has 0 radical (unpaired) electrons. The predicted octanol–water partition coefficient (Wildman–Crippen LogP) is 3.03. The van der Waals surface area contributed by atoms with E-state index in [0.717, 1.165) is 0 Å². The maximum atomic E-state index is 13.8. The number of hydrogen-bond acceptors (Lipinski definition) is 3. The van der Waals surface area contributed by atoms with Gasteiger partial charge in [0, 0.05) is 31.9 Å². The van der Waals surface area contributed by atoms with E-state index in [1.165, 1.54) is 12.1 Å². The van der Waals surface area contributed by atoms with E-state index in [1.54, 1.807) is 31.2 Å². The Morgan fingerprint density at radius 1 is 1.04 bits per heavy atom. The Morgan fingerprint density at radius 2 is 1.76 bits per heavy atom. The molecule has 25 heavy (non-hydrogen) atoms. The van der Waals surface area contributed by atoms with Crippen molar-refractivity contribution in [2.45, 2.75) is 6.92 Å². The lowest BCUT2D eigenvalue weighted by Crippen LogP contribution is -2.48. The number of rotatable bonds is 4. The highest BCUT2D eigenvalue weighted by atomic mass is 19.1. The van der Waals surface area contributed by atoms with Crippen molar-refractivity contribution in [2.75, 3.05) is 42.9 Å². The van der Waals surface area contributed by atoms with Gasteiger partial charge < -0.3 is 10.2 Å². The standard InChI is InChI=1S/C19H21F2N3O/c1-14-6-7-15(12-17(14)21)22-19(25)13-23-8-10-24(11-9-23)18-5-3-2-4-16(18)20/h2-7,12H,8-11,13H2,1H3,(H,22,25). The van der Waals surface area contributed by atoms with Gasteiger partial charge in [-0.3, -0.25) is 9.69 Å². The highest BCUT2D eigenvalue weighted by Gasteiger charge is 2.20. The number of carbonyl (C=O) groups is 1. The average Bonchev–Trinajstić information content (AvgIpc) is 2.59. The molecule has 0 spiro atoms. The summed E-state index contributed by atoms with van der Waals surface area (Å²) in [6, 6.07) is 11.4. The SMILES string of the molecule is Cc1ccc(NC(=O)CN2CCN(c3ccccc3F)CC2)cc1F. The number of anilines is 2. The fraction of sp³-hybridized carbons (Fsp3) is 0.316. The molecule has 132 valence electrons. The number of piperazine rings is 1. The van der Waals surface area contributed by atoms with E-state index < -0.39 is 0 Å². The third-order valence-electron chi connectivity index (χ3n) is 4.39. The third-order valence-corrected chi connectivity index (χ3v) is 4.39. The minimum Gasteiger partial charge on any atom is -0.367 e. The van der Waals surface area contributed by atoms with Crippen molar-refractivity contribution in [3.05, 3.63) is 59.7 Å². The van der Waals surface area contributed by atoms with Crippen LogP contribution < -0.4 is 10.2 Å². The smallest absolute Gasteiger partial charge is 0.238 e. The summed E-state index contributed by atoms with van der Waals surface area (Å²) in [5.74, 6) is -0.742. The summed E-state index contributed by atoms with van der Waals surface area (Å²) < 4.78 is 27.4. The van der Waals surface area contributed by atoms with Crippen LogP contribution in [0.5, 0.6) is 0 Å². The maximum Gasteiger partial charge on any atom is 0.238 e. The lowest BCUT2D eigenvalue weighted by molar-refractivity contribution is -0.117. The number of para-hydroxylation sites is 1. The molecular weight excluding hydrogens is 324 g/mol. The Bertz CT molecular complexity index is 758. The van der Waals surface area contributed by atoms with Gasteiger partial charge in [-0.1, -0.05) is 18.2 Å². The number of aryl methyl sites for hydroxylation is 1. The molecule has 3 rings (SSSR count). The fourth-order valence-electron chi connectivity index (χ4n) is 2.93. The predicted molar refractivity (Wildman–Crippen MR) is 94.8 cm³/mol. The Labute approximate surface area is 146 Å². The second kappa shape index (κ2) is 7.61. The van der Waals surface area contributed by atoms with Gasteiger partial charge in [0.1, 0.15) is 11.6 Å². The Kier molecular flexibility index (Phi) is 5.28. The van der Waals surface area contributed by atoms with Gasteiger partial charge in [-0.05, 0) is 36.8 Å². The molecule has 0 bridgehead atoms. The summed E-state index contributed by atoms with van der Waals surface area (Å²) in [5, 5.41) is 2.72. The summed E-state index contributed by atoms with van der Waals surface area (Å²) in [5.41, 5.74) is 1.60. The van der Waals surface area contributed by atoms with E-state index in [2.05, 4.69) is 5.32 Å². The van der Waals surface area contributed by atoms with Crippen molar-refractivity contribution in [2.24, 2.45) is 0 Å². The molecule has 0 aliphatic carbocycles. The summed E-state index contributed by atoms with van der Waals surface area (Å²) in [7, 11) is 0. The minimum absolute atomic E-state index is 0.178. The van der Waals surface area contributed by atoms with E-state index >= 15 is 0 Å². The molecule has 0 aromatic heterocycles. The van der Waals surface area contributed by atoms with Crippen LogP contribution in [0.2, 0.25) is 0 Å². The van der Waals surface area contributed by atoms with Crippen molar-refractivity contribution in [3.8, 4) is 0 Å². The van der Waals surface area contributed by atoms with E-state index in [4.69, 9.17) is 0 Å². The second-order valence-corrected chi connectivity index (χ2v) is 6.23. The van der Waals surface area contributed by atoms with Gasteiger partial charge in [0.25, 0.3) is 0 Å². The summed E-state index contributed by atoms with van der Waals surface area (Å²) in [4.78, 5) is 16.1. The zero-order chi connectivity index (χ0) is 17.8. The van der Waals surface area contributed by atoms with Crippen LogP contribution in [0.25, 0.3) is 0 Å². The Morgan fingerprint density at radius 3 is 2.44 bits per heavy atom. The van der Waals surface area contributed by atoms with Crippen LogP contribution in [0.15, 0.2) is 42.5 Å². The van der Waals surface area contributed by atoms with Crippen LogP contribution in [0.4, 0.5) is 20.2 Å². The first-order chi connectivity index (χ1) is 12.0. The van der Waals surface area contributed by atoms with Gasteiger partial charge in [0.05, 0.1) is 12.2 Å². The molecule has 4 nitrogen and oxygen atoms in total. The molecule has 1 aliphatic heterocycles. The monoisotopic (exact) mass is 345 g/mol. The first kappa shape index (κ1) is 17.4. The third kappa shape index (κ3) is 4.33. The largest absolute Gasteiger partial charge is 0.367 e. The first-order valence-corrected chi connectivity index (χ1v) is 8.31.